The first kappa shape index (κ1) is 13.3. The van der Waals surface area contributed by atoms with Crippen molar-refractivity contribution < 1.29 is 9.53 Å². The molecule has 0 bridgehead atoms. The molecule has 0 saturated heterocycles. The Morgan fingerprint density at radius 3 is 2.14 bits per heavy atom. The first-order valence-electron chi connectivity index (χ1n) is 7.88. The standard InChI is InChI=1S/C20H18O2/c21-20(14-8-2-1-3-9-14)22-19-17-12-6-4-10-15(17)16-11-5-7-13-18(16)19/h1-2,4-7,10-14,19H,3,8-9H2/t14-/m0/s1. The maximum Gasteiger partial charge on any atom is 0.310 e. The highest BCUT2D eigenvalue weighted by molar-refractivity contribution is 5.80. The summed E-state index contributed by atoms with van der Waals surface area (Å²) in [6, 6.07) is 16.4. The average Bonchev–Trinajstić information content (AvgIpc) is 2.90. The summed E-state index contributed by atoms with van der Waals surface area (Å²) in [6.07, 6.45) is 6.64. The summed E-state index contributed by atoms with van der Waals surface area (Å²) >= 11 is 0. The van der Waals surface area contributed by atoms with Gasteiger partial charge in [-0.15, -0.1) is 0 Å². The molecule has 22 heavy (non-hydrogen) atoms. The number of carbonyl (C=O) groups is 1. The summed E-state index contributed by atoms with van der Waals surface area (Å²) in [7, 11) is 0. The molecule has 4 rings (SSSR count). The minimum atomic E-state index is -0.259. The highest BCUT2D eigenvalue weighted by Gasteiger charge is 2.32. The van der Waals surface area contributed by atoms with E-state index in [4.69, 9.17) is 4.74 Å². The van der Waals surface area contributed by atoms with E-state index in [1.807, 2.05) is 24.3 Å². The van der Waals surface area contributed by atoms with Gasteiger partial charge in [-0.25, -0.2) is 0 Å². The summed E-state index contributed by atoms with van der Waals surface area (Å²) in [5.74, 6) is -0.0641. The van der Waals surface area contributed by atoms with Crippen LogP contribution in [0.3, 0.4) is 0 Å². The summed E-state index contributed by atoms with van der Waals surface area (Å²) in [5, 5.41) is 0. The molecule has 2 aliphatic rings. The zero-order valence-electron chi connectivity index (χ0n) is 12.4. The number of ether oxygens (including phenoxy) is 1. The van der Waals surface area contributed by atoms with Gasteiger partial charge in [0.15, 0.2) is 6.10 Å². The normalized spacial score (nSPS) is 19.5. The van der Waals surface area contributed by atoms with Gasteiger partial charge in [-0.3, -0.25) is 4.79 Å². The second-order valence-corrected chi connectivity index (χ2v) is 5.97. The molecule has 2 aromatic rings. The van der Waals surface area contributed by atoms with Crippen molar-refractivity contribution in [2.24, 2.45) is 5.92 Å². The van der Waals surface area contributed by atoms with Crippen molar-refractivity contribution in [2.45, 2.75) is 25.4 Å². The Morgan fingerprint density at radius 2 is 1.55 bits per heavy atom. The molecular weight excluding hydrogens is 272 g/mol. The lowest BCUT2D eigenvalue weighted by molar-refractivity contribution is -0.152. The molecule has 0 unspecified atom stereocenters. The first-order chi connectivity index (χ1) is 10.8. The zero-order chi connectivity index (χ0) is 14.9. The topological polar surface area (TPSA) is 26.3 Å². The average molecular weight is 290 g/mol. The molecule has 0 saturated carbocycles. The first-order valence-corrected chi connectivity index (χ1v) is 7.88. The van der Waals surface area contributed by atoms with Crippen LogP contribution in [0.2, 0.25) is 0 Å². The quantitative estimate of drug-likeness (QED) is 0.594. The fraction of sp³-hybridized carbons (Fsp3) is 0.250. The number of allylic oxidation sites excluding steroid dienone is 2. The van der Waals surface area contributed by atoms with Crippen LogP contribution in [-0.4, -0.2) is 5.97 Å². The summed E-state index contributed by atoms with van der Waals surface area (Å²) in [6.45, 7) is 0. The SMILES string of the molecule is O=C(OC1c2ccccc2-c2ccccc21)[C@H]1CC=CCC1. The lowest BCUT2D eigenvalue weighted by Gasteiger charge is -2.21. The molecule has 0 amide bonds. The third kappa shape index (κ3) is 2.16. The molecule has 110 valence electrons. The van der Waals surface area contributed by atoms with E-state index in [-0.39, 0.29) is 18.0 Å². The number of carbonyl (C=O) groups excluding carboxylic acids is 1. The van der Waals surface area contributed by atoms with Crippen LogP contribution in [0.5, 0.6) is 0 Å². The molecule has 0 heterocycles. The zero-order valence-corrected chi connectivity index (χ0v) is 12.4. The van der Waals surface area contributed by atoms with E-state index >= 15 is 0 Å². The fourth-order valence-corrected chi connectivity index (χ4v) is 3.46. The maximum atomic E-state index is 12.5. The van der Waals surface area contributed by atoms with Crippen LogP contribution in [-0.2, 0) is 9.53 Å². The molecule has 0 aromatic heterocycles. The van der Waals surface area contributed by atoms with Crippen LogP contribution in [0.25, 0.3) is 11.1 Å². The number of hydrogen-bond donors (Lipinski definition) is 0. The van der Waals surface area contributed by atoms with Gasteiger partial charge in [-0.1, -0.05) is 60.7 Å². The molecule has 2 nitrogen and oxygen atoms in total. The van der Waals surface area contributed by atoms with Crippen molar-refractivity contribution in [1.82, 2.24) is 0 Å². The van der Waals surface area contributed by atoms with Crippen LogP contribution < -0.4 is 0 Å². The Morgan fingerprint density at radius 1 is 0.909 bits per heavy atom. The minimum Gasteiger partial charge on any atom is -0.452 e. The van der Waals surface area contributed by atoms with Gasteiger partial charge in [0.2, 0.25) is 0 Å². The highest BCUT2D eigenvalue weighted by Crippen LogP contribution is 2.45. The largest absolute Gasteiger partial charge is 0.452 e. The maximum absolute atomic E-state index is 12.5. The van der Waals surface area contributed by atoms with Crippen LogP contribution in [0, 0.1) is 5.92 Å². The number of benzene rings is 2. The van der Waals surface area contributed by atoms with Crippen molar-refractivity contribution >= 4 is 5.97 Å². The van der Waals surface area contributed by atoms with Gasteiger partial charge >= 0.3 is 5.97 Å². The van der Waals surface area contributed by atoms with Crippen LogP contribution in [0.1, 0.15) is 36.5 Å². The van der Waals surface area contributed by atoms with E-state index in [0.717, 1.165) is 30.4 Å². The monoisotopic (exact) mass is 290 g/mol. The Bertz CT molecular complexity index is 699. The van der Waals surface area contributed by atoms with Crippen molar-refractivity contribution in [3.05, 3.63) is 71.8 Å². The molecule has 2 aliphatic carbocycles. The molecule has 0 N–H and O–H groups in total. The number of hydrogen-bond acceptors (Lipinski definition) is 2. The van der Waals surface area contributed by atoms with Crippen molar-refractivity contribution in [1.29, 1.82) is 0 Å². The lowest BCUT2D eigenvalue weighted by atomic mass is 9.94. The van der Waals surface area contributed by atoms with Crippen LogP contribution in [0.15, 0.2) is 60.7 Å². The van der Waals surface area contributed by atoms with E-state index in [1.54, 1.807) is 0 Å². The Labute approximate surface area is 130 Å². The van der Waals surface area contributed by atoms with Crippen molar-refractivity contribution in [2.75, 3.05) is 0 Å². The van der Waals surface area contributed by atoms with E-state index in [1.165, 1.54) is 11.1 Å². The summed E-state index contributed by atoms with van der Waals surface area (Å²) in [4.78, 5) is 12.5. The highest BCUT2D eigenvalue weighted by atomic mass is 16.5. The molecule has 2 heteroatoms. The summed E-state index contributed by atoms with van der Waals surface area (Å²) in [5.41, 5.74) is 4.56. The molecular formula is C20H18O2. The molecule has 2 aromatic carbocycles. The van der Waals surface area contributed by atoms with Gasteiger partial charge in [0.1, 0.15) is 0 Å². The lowest BCUT2D eigenvalue weighted by Crippen LogP contribution is -2.21. The Hall–Kier alpha value is -2.35. The Kier molecular flexibility index (Phi) is 3.30. The third-order valence-electron chi connectivity index (χ3n) is 4.61. The van der Waals surface area contributed by atoms with Crippen molar-refractivity contribution in [3.63, 3.8) is 0 Å². The van der Waals surface area contributed by atoms with Gasteiger partial charge in [-0.2, -0.15) is 0 Å². The molecule has 0 radical (unpaired) electrons. The van der Waals surface area contributed by atoms with E-state index in [9.17, 15) is 4.79 Å². The molecule has 0 fully saturated rings. The van der Waals surface area contributed by atoms with Crippen LogP contribution >= 0.6 is 0 Å². The van der Waals surface area contributed by atoms with Crippen LogP contribution in [0.4, 0.5) is 0 Å². The number of rotatable bonds is 2. The molecule has 0 aliphatic heterocycles. The van der Waals surface area contributed by atoms with Gasteiger partial charge in [-0.05, 0) is 30.4 Å². The minimum absolute atomic E-state index is 0.00456. The third-order valence-corrected chi connectivity index (χ3v) is 4.61. The second kappa shape index (κ2) is 5.45. The van der Waals surface area contributed by atoms with E-state index < -0.39 is 0 Å². The van der Waals surface area contributed by atoms with E-state index in [2.05, 4.69) is 36.4 Å². The van der Waals surface area contributed by atoms with Gasteiger partial charge in [0, 0.05) is 11.1 Å². The fourth-order valence-electron chi connectivity index (χ4n) is 3.46. The summed E-state index contributed by atoms with van der Waals surface area (Å²) < 4.78 is 5.93. The predicted molar refractivity (Wildman–Crippen MR) is 86.3 cm³/mol. The smallest absolute Gasteiger partial charge is 0.310 e. The van der Waals surface area contributed by atoms with Gasteiger partial charge in [0.25, 0.3) is 0 Å². The van der Waals surface area contributed by atoms with Crippen molar-refractivity contribution in [3.8, 4) is 11.1 Å². The second-order valence-electron chi connectivity index (χ2n) is 5.97. The molecule has 0 spiro atoms. The predicted octanol–water partition coefficient (Wildman–Crippen LogP) is 4.66. The van der Waals surface area contributed by atoms with Gasteiger partial charge in [0.05, 0.1) is 5.92 Å². The Balaban J connectivity index is 1.67. The number of esters is 1. The molecule has 1 atom stereocenters. The number of fused-ring (bicyclic) bond motifs is 3. The van der Waals surface area contributed by atoms with Gasteiger partial charge < -0.3 is 4.74 Å². The van der Waals surface area contributed by atoms with E-state index in [0.29, 0.717) is 0 Å².